The minimum absolute atomic E-state index is 0.169. The van der Waals surface area contributed by atoms with E-state index in [1.54, 1.807) is 6.92 Å². The van der Waals surface area contributed by atoms with Crippen LogP contribution in [-0.4, -0.2) is 94.6 Å². The Morgan fingerprint density at radius 3 is 2.50 bits per heavy atom. The fraction of sp³-hybridized carbons (Fsp3) is 0.652. The largest absolute Gasteiger partial charge is 0.354 e. The van der Waals surface area contributed by atoms with Gasteiger partial charge in [-0.2, -0.15) is 4.98 Å². The molecule has 0 bridgehead atoms. The minimum Gasteiger partial charge on any atom is -0.354 e. The van der Waals surface area contributed by atoms with E-state index in [1.807, 2.05) is 17.2 Å². The lowest BCUT2D eigenvalue weighted by Gasteiger charge is -2.38. The summed E-state index contributed by atoms with van der Waals surface area (Å²) in [4.78, 5) is 30.2. The SMILES string of the molecule is CC(=O)N1CCC(N2CCCC2c2nc(-c3ccc(N4CCN(C)CC4)nc3)no2)CC1. The molecule has 0 radical (unpaired) electrons. The van der Waals surface area contributed by atoms with Crippen LogP contribution in [0.25, 0.3) is 11.4 Å². The molecule has 0 aromatic carbocycles. The van der Waals surface area contributed by atoms with Crippen LogP contribution in [0.4, 0.5) is 5.82 Å². The summed E-state index contributed by atoms with van der Waals surface area (Å²) >= 11 is 0. The molecule has 172 valence electrons. The zero-order valence-electron chi connectivity index (χ0n) is 19.1. The number of nitrogens with zero attached hydrogens (tertiary/aromatic N) is 7. The molecule has 0 N–H and O–H groups in total. The number of piperidine rings is 1. The summed E-state index contributed by atoms with van der Waals surface area (Å²) in [7, 11) is 2.15. The number of piperazine rings is 1. The molecule has 2 aromatic rings. The second-order valence-electron chi connectivity index (χ2n) is 9.28. The normalized spacial score (nSPS) is 23.8. The number of rotatable bonds is 4. The van der Waals surface area contributed by atoms with E-state index in [1.165, 1.54) is 0 Å². The predicted molar refractivity (Wildman–Crippen MR) is 121 cm³/mol. The van der Waals surface area contributed by atoms with Gasteiger partial charge in [-0.15, -0.1) is 0 Å². The molecule has 3 saturated heterocycles. The van der Waals surface area contributed by atoms with Crippen molar-refractivity contribution in [3.8, 4) is 11.4 Å². The third kappa shape index (κ3) is 4.36. The Morgan fingerprint density at radius 1 is 1.03 bits per heavy atom. The van der Waals surface area contributed by atoms with Gasteiger partial charge in [-0.1, -0.05) is 5.16 Å². The molecular weight excluding hydrogens is 406 g/mol. The highest BCUT2D eigenvalue weighted by atomic mass is 16.5. The van der Waals surface area contributed by atoms with Crippen LogP contribution in [0.5, 0.6) is 0 Å². The van der Waals surface area contributed by atoms with Gasteiger partial charge >= 0.3 is 0 Å². The van der Waals surface area contributed by atoms with Gasteiger partial charge in [0.05, 0.1) is 6.04 Å². The van der Waals surface area contributed by atoms with Crippen molar-refractivity contribution in [2.45, 2.75) is 44.7 Å². The number of amides is 1. The van der Waals surface area contributed by atoms with E-state index in [-0.39, 0.29) is 11.9 Å². The molecule has 0 spiro atoms. The van der Waals surface area contributed by atoms with E-state index in [4.69, 9.17) is 9.51 Å². The van der Waals surface area contributed by atoms with Gasteiger partial charge in [0.1, 0.15) is 5.82 Å². The van der Waals surface area contributed by atoms with Gasteiger partial charge in [0.25, 0.3) is 0 Å². The number of pyridine rings is 1. The number of anilines is 1. The quantitative estimate of drug-likeness (QED) is 0.716. The smallest absolute Gasteiger partial charge is 0.244 e. The Bertz CT molecular complexity index is 915. The molecule has 5 heterocycles. The van der Waals surface area contributed by atoms with Gasteiger partial charge in [0.15, 0.2) is 0 Å². The first-order valence-electron chi connectivity index (χ1n) is 11.8. The number of carbonyl (C=O) groups excluding carboxylic acids is 1. The predicted octanol–water partition coefficient (Wildman–Crippen LogP) is 2.03. The van der Waals surface area contributed by atoms with Crippen molar-refractivity contribution in [2.75, 3.05) is 57.8 Å². The summed E-state index contributed by atoms with van der Waals surface area (Å²) in [5.74, 6) is 2.49. The number of hydrogen-bond acceptors (Lipinski definition) is 8. The summed E-state index contributed by atoms with van der Waals surface area (Å²) in [6, 6.07) is 4.74. The first kappa shape index (κ1) is 21.3. The van der Waals surface area contributed by atoms with Gasteiger partial charge in [0, 0.05) is 64.0 Å². The van der Waals surface area contributed by atoms with Crippen molar-refractivity contribution in [1.29, 1.82) is 0 Å². The first-order chi connectivity index (χ1) is 15.6. The van der Waals surface area contributed by atoms with Gasteiger partial charge in [-0.3, -0.25) is 9.69 Å². The van der Waals surface area contributed by atoms with Crippen LogP contribution in [0, 0.1) is 0 Å². The van der Waals surface area contributed by atoms with Crippen molar-refractivity contribution in [3.05, 3.63) is 24.2 Å². The number of hydrogen-bond donors (Lipinski definition) is 0. The Morgan fingerprint density at radius 2 is 1.81 bits per heavy atom. The second-order valence-corrected chi connectivity index (χ2v) is 9.28. The molecule has 9 heteroatoms. The van der Waals surface area contributed by atoms with Gasteiger partial charge in [-0.05, 0) is 51.4 Å². The number of likely N-dealkylation sites (tertiary alicyclic amines) is 2. The van der Waals surface area contributed by atoms with Gasteiger partial charge in [-0.25, -0.2) is 4.98 Å². The molecule has 3 aliphatic heterocycles. The van der Waals surface area contributed by atoms with Gasteiger partial charge < -0.3 is 19.2 Å². The second kappa shape index (κ2) is 9.15. The lowest BCUT2D eigenvalue weighted by Crippen LogP contribution is -2.46. The minimum atomic E-state index is 0.169. The summed E-state index contributed by atoms with van der Waals surface area (Å²) in [5.41, 5.74) is 0.886. The summed E-state index contributed by atoms with van der Waals surface area (Å²) in [6.45, 7) is 8.50. The van der Waals surface area contributed by atoms with E-state index in [0.29, 0.717) is 17.8 Å². The first-order valence-corrected chi connectivity index (χ1v) is 11.8. The fourth-order valence-corrected chi connectivity index (χ4v) is 5.23. The Labute approximate surface area is 189 Å². The summed E-state index contributed by atoms with van der Waals surface area (Å²) in [6.07, 6.45) is 6.04. The van der Waals surface area contributed by atoms with Crippen molar-refractivity contribution in [3.63, 3.8) is 0 Å². The van der Waals surface area contributed by atoms with Crippen LogP contribution in [0.1, 0.15) is 44.5 Å². The molecule has 1 unspecified atom stereocenters. The Balaban J connectivity index is 1.25. The van der Waals surface area contributed by atoms with Crippen LogP contribution < -0.4 is 4.90 Å². The van der Waals surface area contributed by atoms with E-state index in [2.05, 4.69) is 38.0 Å². The third-order valence-electron chi connectivity index (χ3n) is 7.23. The highest BCUT2D eigenvalue weighted by Gasteiger charge is 2.37. The molecular formula is C23H33N7O2. The van der Waals surface area contributed by atoms with E-state index in [0.717, 1.165) is 82.9 Å². The highest BCUT2D eigenvalue weighted by Crippen LogP contribution is 2.36. The fourth-order valence-electron chi connectivity index (χ4n) is 5.23. The van der Waals surface area contributed by atoms with E-state index < -0.39 is 0 Å². The zero-order valence-corrected chi connectivity index (χ0v) is 19.1. The molecule has 9 nitrogen and oxygen atoms in total. The third-order valence-corrected chi connectivity index (χ3v) is 7.23. The van der Waals surface area contributed by atoms with Gasteiger partial charge in [0.2, 0.25) is 17.6 Å². The zero-order chi connectivity index (χ0) is 22.1. The molecule has 3 fully saturated rings. The average molecular weight is 440 g/mol. The van der Waals surface area contributed by atoms with Crippen molar-refractivity contribution < 1.29 is 9.32 Å². The lowest BCUT2D eigenvalue weighted by atomic mass is 10.0. The molecule has 1 atom stereocenters. The molecule has 3 aliphatic rings. The molecule has 0 saturated carbocycles. The molecule has 2 aromatic heterocycles. The van der Waals surface area contributed by atoms with Crippen LogP contribution >= 0.6 is 0 Å². The topological polar surface area (TPSA) is 81.8 Å². The monoisotopic (exact) mass is 439 g/mol. The highest BCUT2D eigenvalue weighted by molar-refractivity contribution is 5.73. The average Bonchev–Trinajstić information content (AvgIpc) is 3.50. The number of likely N-dealkylation sites (N-methyl/N-ethyl adjacent to an activating group) is 1. The number of aromatic nitrogens is 3. The Hall–Kier alpha value is -2.52. The molecule has 1 amide bonds. The maximum absolute atomic E-state index is 11.6. The van der Waals surface area contributed by atoms with Crippen LogP contribution in [-0.2, 0) is 4.79 Å². The maximum Gasteiger partial charge on any atom is 0.244 e. The van der Waals surface area contributed by atoms with Crippen LogP contribution in [0.15, 0.2) is 22.9 Å². The van der Waals surface area contributed by atoms with Crippen molar-refractivity contribution in [2.24, 2.45) is 0 Å². The summed E-state index contributed by atoms with van der Waals surface area (Å²) in [5, 5.41) is 4.27. The van der Waals surface area contributed by atoms with Crippen LogP contribution in [0.3, 0.4) is 0 Å². The van der Waals surface area contributed by atoms with Crippen LogP contribution in [0.2, 0.25) is 0 Å². The van der Waals surface area contributed by atoms with Crippen molar-refractivity contribution >= 4 is 11.7 Å². The molecule has 0 aliphatic carbocycles. The van der Waals surface area contributed by atoms with Crippen molar-refractivity contribution in [1.82, 2.24) is 29.8 Å². The van der Waals surface area contributed by atoms with E-state index >= 15 is 0 Å². The summed E-state index contributed by atoms with van der Waals surface area (Å²) < 4.78 is 5.73. The Kier molecular flexibility index (Phi) is 6.10. The molecule has 32 heavy (non-hydrogen) atoms. The van der Waals surface area contributed by atoms with E-state index in [9.17, 15) is 4.79 Å². The molecule has 5 rings (SSSR count). The number of carbonyl (C=O) groups is 1. The standard InChI is InChI=1S/C23H33N7O2/c1-17(31)28-10-7-19(8-11-28)30-9-3-4-20(30)23-25-22(26-32-23)18-5-6-21(24-16-18)29-14-12-27(2)13-15-29/h5-6,16,19-20H,3-4,7-15H2,1-2H3. The lowest BCUT2D eigenvalue weighted by molar-refractivity contribution is -0.130. The maximum atomic E-state index is 11.6.